The van der Waals surface area contributed by atoms with Crippen LogP contribution in [0.2, 0.25) is 0 Å². The molecule has 0 N–H and O–H groups in total. The molecule has 6 aromatic carbocycles. The summed E-state index contributed by atoms with van der Waals surface area (Å²) in [6.07, 6.45) is 0. The second-order valence-corrected chi connectivity index (χ2v) is 15.8. The van der Waals surface area contributed by atoms with Crippen molar-refractivity contribution in [2.45, 2.75) is 52.4 Å². The molecule has 0 bridgehead atoms. The molecule has 6 rings (SSSR count). The average molecular weight is 631 g/mol. The van der Waals surface area contributed by atoms with Crippen molar-refractivity contribution < 1.29 is 20.8 Å². The van der Waals surface area contributed by atoms with Crippen molar-refractivity contribution in [1.82, 2.24) is 0 Å². The molecule has 0 amide bonds. The van der Waals surface area contributed by atoms with Gasteiger partial charge in [-0.25, -0.2) is 0 Å². The minimum Gasteiger partial charge on any atom is -0.168 e. The Morgan fingerprint density at radius 1 is 0.564 bits per heavy atom. The molecular formula is C36H36Cl2Zr. The molecule has 0 nitrogen and oxygen atoms in total. The van der Waals surface area contributed by atoms with Crippen molar-refractivity contribution in [2.75, 3.05) is 0 Å². The number of halogens is 2. The average Bonchev–Trinajstić information content (AvgIpc) is 3.52. The molecule has 0 aliphatic rings. The van der Waals surface area contributed by atoms with Crippen LogP contribution in [0.1, 0.15) is 52.7 Å². The van der Waals surface area contributed by atoms with E-state index < -0.39 is 20.8 Å². The summed E-state index contributed by atoms with van der Waals surface area (Å²) in [7, 11) is 9.87. The van der Waals surface area contributed by atoms with Crippen molar-refractivity contribution in [1.29, 1.82) is 0 Å². The van der Waals surface area contributed by atoms with Gasteiger partial charge in [0.05, 0.1) is 0 Å². The Kier molecular flexibility index (Phi) is 9.59. The van der Waals surface area contributed by atoms with Crippen molar-refractivity contribution >= 4 is 49.3 Å². The van der Waals surface area contributed by atoms with Crippen LogP contribution in [0.5, 0.6) is 0 Å². The van der Waals surface area contributed by atoms with Crippen LogP contribution in [0, 0.1) is 0 Å². The summed E-state index contributed by atoms with van der Waals surface area (Å²) in [6, 6.07) is 39.6. The fourth-order valence-corrected chi connectivity index (χ4v) is 4.89. The number of fused-ring (bicyclic) bond motifs is 4. The van der Waals surface area contributed by atoms with E-state index in [1.165, 1.54) is 54.6 Å². The normalized spacial score (nSPS) is 11.5. The van der Waals surface area contributed by atoms with Gasteiger partial charge in [0.1, 0.15) is 0 Å². The Hall–Kier alpha value is -2.18. The zero-order chi connectivity index (χ0) is 28.2. The van der Waals surface area contributed by atoms with Gasteiger partial charge in [0, 0.05) is 0 Å². The van der Waals surface area contributed by atoms with Crippen LogP contribution in [0.4, 0.5) is 0 Å². The summed E-state index contributed by atoms with van der Waals surface area (Å²) in [6.45, 7) is 13.6. The van der Waals surface area contributed by atoms with Crippen molar-refractivity contribution in [2.24, 2.45) is 0 Å². The molecule has 0 fully saturated rings. The summed E-state index contributed by atoms with van der Waals surface area (Å²) in [4.78, 5) is 0. The van der Waals surface area contributed by atoms with Gasteiger partial charge in [-0.3, -0.25) is 0 Å². The van der Waals surface area contributed by atoms with Gasteiger partial charge in [-0.05, 0) is 16.4 Å². The fourth-order valence-electron chi connectivity index (χ4n) is 4.89. The number of hydrogen-bond acceptors (Lipinski definition) is 0. The standard InChI is InChI=1S/C21H25.C15H11.2ClH.Zr/c1-20(2,3)16-7-9-18-14(12-16)11-15-13-17(21(4,5)6)8-10-19(15)18;1-2-5-12(6-3-1)15-10-9-13-7-4-8-14(13)11-15;;;/h7-13H,1-6H3;1-11H;2*1H;/q2*-1;;;+4/p-2. The molecule has 0 radical (unpaired) electrons. The van der Waals surface area contributed by atoms with E-state index in [1.807, 2.05) is 6.07 Å². The Morgan fingerprint density at radius 3 is 1.62 bits per heavy atom. The van der Waals surface area contributed by atoms with Gasteiger partial charge in [0.2, 0.25) is 0 Å². The summed E-state index contributed by atoms with van der Waals surface area (Å²) in [5.41, 5.74) is 5.78. The predicted molar refractivity (Wildman–Crippen MR) is 171 cm³/mol. The first kappa shape index (κ1) is 29.8. The Balaban J connectivity index is 0.000000171. The molecule has 0 unspecified atom stereocenters. The summed E-state index contributed by atoms with van der Waals surface area (Å²) < 4.78 is 0. The molecular weight excluding hydrogens is 595 g/mol. The van der Waals surface area contributed by atoms with Crippen LogP contribution in [0.25, 0.3) is 43.4 Å². The second-order valence-electron chi connectivity index (χ2n) is 12.1. The zero-order valence-electron chi connectivity index (χ0n) is 23.6. The molecule has 0 aliphatic heterocycles. The zero-order valence-corrected chi connectivity index (χ0v) is 27.6. The van der Waals surface area contributed by atoms with Gasteiger partial charge in [-0.2, -0.15) is 12.1 Å². The Labute approximate surface area is 252 Å². The van der Waals surface area contributed by atoms with Gasteiger partial charge in [0.15, 0.2) is 0 Å². The Morgan fingerprint density at radius 2 is 1.10 bits per heavy atom. The van der Waals surface area contributed by atoms with E-state index in [1.54, 1.807) is 0 Å². The van der Waals surface area contributed by atoms with E-state index in [0.29, 0.717) is 0 Å². The first-order valence-corrected chi connectivity index (χ1v) is 19.7. The van der Waals surface area contributed by atoms with E-state index in [-0.39, 0.29) is 10.8 Å². The molecule has 0 spiro atoms. The molecule has 0 aromatic heterocycles. The maximum absolute atomic E-state index is 4.93. The Bertz CT molecular complexity index is 1590. The maximum atomic E-state index is 4.93. The summed E-state index contributed by atoms with van der Waals surface area (Å²) in [5.74, 6) is 0. The second kappa shape index (κ2) is 12.6. The first-order valence-electron chi connectivity index (χ1n) is 13.3. The molecule has 198 valence electrons. The van der Waals surface area contributed by atoms with Gasteiger partial charge < -0.3 is 0 Å². The van der Waals surface area contributed by atoms with E-state index in [0.717, 1.165) is 0 Å². The van der Waals surface area contributed by atoms with Gasteiger partial charge >= 0.3 is 37.9 Å². The largest absolute Gasteiger partial charge is 0.168 e. The summed E-state index contributed by atoms with van der Waals surface area (Å²) in [5, 5.41) is 8.11. The van der Waals surface area contributed by atoms with E-state index in [2.05, 4.69) is 145 Å². The molecule has 6 aromatic rings. The molecule has 0 heterocycles. The topological polar surface area (TPSA) is 0 Å². The van der Waals surface area contributed by atoms with Crippen LogP contribution >= 0.6 is 17.0 Å². The first-order chi connectivity index (χ1) is 18.5. The summed E-state index contributed by atoms with van der Waals surface area (Å²) >= 11 is -0.826. The van der Waals surface area contributed by atoms with Crippen LogP contribution < -0.4 is 0 Å². The SMILES string of the molecule is CC(C)(C)c1ccc2c(c1)[cH-]c1cc(C(C)(C)C)ccc12.[Cl][Zr+2][Cl].c1ccc(-c2ccc3cc[cH-]c3c2)cc1. The predicted octanol–water partition coefficient (Wildman–Crippen LogP) is 11.9. The van der Waals surface area contributed by atoms with Crippen LogP contribution in [0.3, 0.4) is 0 Å². The molecule has 0 aliphatic carbocycles. The number of rotatable bonds is 1. The van der Waals surface area contributed by atoms with Crippen LogP contribution in [-0.2, 0) is 31.7 Å². The monoisotopic (exact) mass is 628 g/mol. The van der Waals surface area contributed by atoms with E-state index in [4.69, 9.17) is 17.0 Å². The number of hydrogen-bond donors (Lipinski definition) is 0. The quantitative estimate of drug-likeness (QED) is 0.159. The third-order valence-electron chi connectivity index (χ3n) is 7.18. The third kappa shape index (κ3) is 7.32. The minimum absolute atomic E-state index is 0.203. The van der Waals surface area contributed by atoms with Crippen molar-refractivity contribution in [3.63, 3.8) is 0 Å². The molecule has 3 heteroatoms. The fraction of sp³-hybridized carbons (Fsp3) is 0.222. The molecule has 0 saturated heterocycles. The van der Waals surface area contributed by atoms with Gasteiger partial charge in [-0.15, -0.1) is 68.7 Å². The molecule has 0 atom stereocenters. The molecule has 39 heavy (non-hydrogen) atoms. The van der Waals surface area contributed by atoms with E-state index >= 15 is 0 Å². The maximum Gasteiger partial charge on any atom is -0.0277 e. The van der Waals surface area contributed by atoms with Gasteiger partial charge in [-0.1, -0.05) is 119 Å². The van der Waals surface area contributed by atoms with Gasteiger partial charge in [0.25, 0.3) is 0 Å². The van der Waals surface area contributed by atoms with Crippen LogP contribution in [-0.4, -0.2) is 0 Å². The van der Waals surface area contributed by atoms with Crippen LogP contribution in [0.15, 0.2) is 109 Å². The van der Waals surface area contributed by atoms with E-state index in [9.17, 15) is 0 Å². The number of benzene rings is 4. The minimum atomic E-state index is -0.826. The third-order valence-corrected chi connectivity index (χ3v) is 7.18. The van der Waals surface area contributed by atoms with Crippen molar-refractivity contribution in [3.05, 3.63) is 120 Å². The molecule has 0 saturated carbocycles. The van der Waals surface area contributed by atoms with Crippen molar-refractivity contribution in [3.8, 4) is 11.1 Å². The smallest absolute Gasteiger partial charge is 0.0277 e.